The van der Waals surface area contributed by atoms with Gasteiger partial charge in [0, 0.05) is 28.1 Å². The molecule has 0 bridgehead atoms. The highest BCUT2D eigenvalue weighted by atomic mass is 32.1. The van der Waals surface area contributed by atoms with Gasteiger partial charge in [0.25, 0.3) is 5.91 Å². The number of nitrogens with one attached hydrogen (secondary N) is 2. The number of para-hydroxylation sites is 1. The molecule has 0 atom stereocenters. The predicted molar refractivity (Wildman–Crippen MR) is 121 cm³/mol. The van der Waals surface area contributed by atoms with Gasteiger partial charge in [-0.2, -0.15) is 0 Å². The molecule has 0 radical (unpaired) electrons. The van der Waals surface area contributed by atoms with Gasteiger partial charge in [0.15, 0.2) is 5.11 Å². The zero-order valence-corrected chi connectivity index (χ0v) is 16.1. The zero-order valence-electron chi connectivity index (χ0n) is 15.3. The van der Waals surface area contributed by atoms with E-state index in [-0.39, 0.29) is 11.0 Å². The van der Waals surface area contributed by atoms with Crippen LogP contribution >= 0.6 is 12.2 Å². The molecule has 0 aliphatic rings. The summed E-state index contributed by atoms with van der Waals surface area (Å²) < 4.78 is 5.90. The van der Waals surface area contributed by atoms with Crippen molar-refractivity contribution in [1.82, 2.24) is 5.32 Å². The minimum absolute atomic E-state index is 0.235. The van der Waals surface area contributed by atoms with Crippen LogP contribution in [0.3, 0.4) is 0 Å². The third kappa shape index (κ3) is 3.22. The van der Waals surface area contributed by atoms with Gasteiger partial charge in [0.05, 0.1) is 0 Å². The van der Waals surface area contributed by atoms with Gasteiger partial charge < -0.3 is 9.73 Å². The highest BCUT2D eigenvalue weighted by molar-refractivity contribution is 7.80. The lowest BCUT2D eigenvalue weighted by Gasteiger charge is -2.11. The van der Waals surface area contributed by atoms with E-state index in [4.69, 9.17) is 16.6 Å². The lowest BCUT2D eigenvalue weighted by Crippen LogP contribution is -2.34. The fourth-order valence-corrected chi connectivity index (χ4v) is 3.77. The van der Waals surface area contributed by atoms with E-state index in [2.05, 4.69) is 10.6 Å². The van der Waals surface area contributed by atoms with E-state index >= 15 is 0 Å². The number of benzene rings is 4. The Morgan fingerprint density at radius 1 is 0.759 bits per heavy atom. The van der Waals surface area contributed by atoms with Gasteiger partial charge in [-0.15, -0.1) is 0 Å². The fraction of sp³-hybridized carbons (Fsp3) is 0. The van der Waals surface area contributed by atoms with Gasteiger partial charge in [0.1, 0.15) is 11.2 Å². The molecule has 1 amide bonds. The quantitative estimate of drug-likeness (QED) is 0.367. The van der Waals surface area contributed by atoms with Crippen LogP contribution in [0.25, 0.3) is 32.7 Å². The molecule has 0 saturated heterocycles. The van der Waals surface area contributed by atoms with Gasteiger partial charge in [-0.1, -0.05) is 54.6 Å². The van der Waals surface area contributed by atoms with Crippen molar-refractivity contribution >= 4 is 61.6 Å². The molecule has 4 aromatic carbocycles. The Balaban J connectivity index is 1.37. The third-order valence-electron chi connectivity index (χ3n) is 4.90. The largest absolute Gasteiger partial charge is 0.456 e. The molecule has 5 rings (SSSR count). The van der Waals surface area contributed by atoms with Crippen LogP contribution in [0.15, 0.2) is 89.3 Å². The second-order valence-corrected chi connectivity index (χ2v) is 7.15. The number of rotatable bonds is 2. The average molecular weight is 396 g/mol. The summed E-state index contributed by atoms with van der Waals surface area (Å²) in [5.41, 5.74) is 2.94. The number of anilines is 1. The highest BCUT2D eigenvalue weighted by Crippen LogP contribution is 2.30. The first-order valence-corrected chi connectivity index (χ1v) is 9.61. The van der Waals surface area contributed by atoms with Crippen LogP contribution in [0.5, 0.6) is 0 Å². The van der Waals surface area contributed by atoms with E-state index in [9.17, 15) is 4.79 Å². The molecule has 0 fully saturated rings. The first-order valence-electron chi connectivity index (χ1n) is 9.20. The topological polar surface area (TPSA) is 54.3 Å². The molecular weight excluding hydrogens is 380 g/mol. The molecule has 5 aromatic rings. The van der Waals surface area contributed by atoms with Crippen LogP contribution in [0.2, 0.25) is 0 Å². The Morgan fingerprint density at radius 2 is 1.48 bits per heavy atom. The molecule has 0 unspecified atom stereocenters. The van der Waals surface area contributed by atoms with Crippen molar-refractivity contribution in [2.24, 2.45) is 0 Å². The minimum Gasteiger partial charge on any atom is -0.456 e. The summed E-state index contributed by atoms with van der Waals surface area (Å²) in [4.78, 5) is 12.7. The molecular formula is C24H16N2O2S. The van der Waals surface area contributed by atoms with Crippen molar-refractivity contribution in [3.8, 4) is 0 Å². The SMILES string of the molecule is O=C(NC(=S)Nc1ccc2c(c1)oc1ccccc12)c1cccc2ccccc12. The van der Waals surface area contributed by atoms with Crippen LogP contribution < -0.4 is 10.6 Å². The smallest absolute Gasteiger partial charge is 0.258 e. The number of furan rings is 1. The summed E-state index contributed by atoms with van der Waals surface area (Å²) in [5, 5.41) is 10.1. The minimum atomic E-state index is -0.246. The van der Waals surface area contributed by atoms with Gasteiger partial charge in [-0.05, 0) is 47.3 Å². The van der Waals surface area contributed by atoms with E-state index in [1.807, 2.05) is 78.9 Å². The molecule has 0 saturated carbocycles. The van der Waals surface area contributed by atoms with Crippen molar-refractivity contribution in [1.29, 1.82) is 0 Å². The predicted octanol–water partition coefficient (Wildman–Crippen LogP) is 5.87. The monoisotopic (exact) mass is 396 g/mol. The number of carbonyl (C=O) groups excluding carboxylic acids is 1. The maximum atomic E-state index is 12.7. The molecule has 140 valence electrons. The number of hydrogen-bond donors (Lipinski definition) is 2. The maximum absolute atomic E-state index is 12.7. The van der Waals surface area contributed by atoms with Crippen molar-refractivity contribution in [3.63, 3.8) is 0 Å². The average Bonchev–Trinajstić information content (AvgIpc) is 3.11. The summed E-state index contributed by atoms with van der Waals surface area (Å²) in [7, 11) is 0. The van der Waals surface area contributed by atoms with Gasteiger partial charge in [-0.3, -0.25) is 10.1 Å². The molecule has 4 nitrogen and oxygen atoms in total. The van der Waals surface area contributed by atoms with Crippen molar-refractivity contribution < 1.29 is 9.21 Å². The van der Waals surface area contributed by atoms with Crippen LogP contribution in [0.4, 0.5) is 5.69 Å². The molecule has 1 aromatic heterocycles. The first kappa shape index (κ1) is 17.4. The fourth-order valence-electron chi connectivity index (χ4n) is 3.56. The summed E-state index contributed by atoms with van der Waals surface area (Å²) in [6, 6.07) is 27.1. The van der Waals surface area contributed by atoms with Gasteiger partial charge in [-0.25, -0.2) is 0 Å². The van der Waals surface area contributed by atoms with Crippen LogP contribution in [0, 0.1) is 0 Å². The Kier molecular flexibility index (Phi) is 4.22. The summed E-state index contributed by atoms with van der Waals surface area (Å²) in [6.07, 6.45) is 0. The Bertz CT molecular complexity index is 1400. The molecule has 29 heavy (non-hydrogen) atoms. The van der Waals surface area contributed by atoms with Gasteiger partial charge >= 0.3 is 0 Å². The van der Waals surface area contributed by atoms with Crippen LogP contribution in [-0.2, 0) is 0 Å². The molecule has 1 heterocycles. The van der Waals surface area contributed by atoms with Crippen molar-refractivity contribution in [3.05, 3.63) is 90.5 Å². The first-order chi connectivity index (χ1) is 14.2. The number of amides is 1. The van der Waals surface area contributed by atoms with Crippen LogP contribution in [-0.4, -0.2) is 11.0 Å². The third-order valence-corrected chi connectivity index (χ3v) is 5.10. The van der Waals surface area contributed by atoms with E-state index in [1.54, 1.807) is 6.07 Å². The standard InChI is InChI=1S/C24H16N2O2S/c27-23(20-10-5-7-15-6-1-2-8-17(15)20)26-24(29)25-16-12-13-19-18-9-3-4-11-21(18)28-22(19)14-16/h1-14H,(H2,25,26,27,29). The highest BCUT2D eigenvalue weighted by Gasteiger charge is 2.12. The van der Waals surface area contributed by atoms with Crippen LogP contribution in [0.1, 0.15) is 10.4 Å². The second-order valence-electron chi connectivity index (χ2n) is 6.74. The molecule has 0 aliphatic carbocycles. The molecule has 5 heteroatoms. The number of hydrogen-bond acceptors (Lipinski definition) is 3. The van der Waals surface area contributed by atoms with E-state index in [0.29, 0.717) is 5.56 Å². The lowest BCUT2D eigenvalue weighted by atomic mass is 10.0. The maximum Gasteiger partial charge on any atom is 0.258 e. The van der Waals surface area contributed by atoms with E-state index in [0.717, 1.165) is 38.4 Å². The Morgan fingerprint density at radius 3 is 2.38 bits per heavy atom. The molecule has 2 N–H and O–H groups in total. The van der Waals surface area contributed by atoms with Crippen molar-refractivity contribution in [2.45, 2.75) is 0 Å². The number of thiocarbonyl (C=S) groups is 1. The van der Waals surface area contributed by atoms with Crippen molar-refractivity contribution in [2.75, 3.05) is 5.32 Å². The summed E-state index contributed by atoms with van der Waals surface area (Å²) >= 11 is 5.35. The second kappa shape index (κ2) is 7.04. The lowest BCUT2D eigenvalue weighted by molar-refractivity contribution is 0.0979. The van der Waals surface area contributed by atoms with E-state index in [1.165, 1.54) is 0 Å². The Hall–Kier alpha value is -3.70. The normalized spacial score (nSPS) is 11.0. The zero-order chi connectivity index (χ0) is 19.8. The summed E-state index contributed by atoms with van der Waals surface area (Å²) in [5.74, 6) is -0.246. The number of carbonyl (C=O) groups is 1. The van der Waals surface area contributed by atoms with Gasteiger partial charge in [0.2, 0.25) is 0 Å². The molecule has 0 aliphatic heterocycles. The summed E-state index contributed by atoms with van der Waals surface area (Å²) in [6.45, 7) is 0. The molecule has 0 spiro atoms. The van der Waals surface area contributed by atoms with E-state index < -0.39 is 0 Å². The number of fused-ring (bicyclic) bond motifs is 4. The Labute approximate surface area is 172 Å².